The quantitative estimate of drug-likeness (QED) is 0.561. The smallest absolute Gasteiger partial charge is 0.189 e. The third-order valence-corrected chi connectivity index (χ3v) is 4.27. The van der Waals surface area contributed by atoms with Gasteiger partial charge >= 0.3 is 0 Å². The normalized spacial score (nSPS) is 18.6. The second-order valence-corrected chi connectivity index (χ2v) is 6.51. The first-order valence-corrected chi connectivity index (χ1v) is 8.25. The van der Waals surface area contributed by atoms with Gasteiger partial charge < -0.3 is 10.6 Å². The largest absolute Gasteiger partial charge is 0.333 e. The van der Waals surface area contributed by atoms with Gasteiger partial charge in [0.25, 0.3) is 0 Å². The fourth-order valence-electron chi connectivity index (χ4n) is 2.99. The lowest BCUT2D eigenvalue weighted by molar-refractivity contribution is 0.478. The zero-order chi connectivity index (χ0) is 19.2. The van der Waals surface area contributed by atoms with Gasteiger partial charge in [0.15, 0.2) is 11.6 Å². The Labute approximate surface area is 153 Å². The Kier molecular flexibility index (Phi) is 3.92. The van der Waals surface area contributed by atoms with Crippen molar-refractivity contribution < 1.29 is 8.78 Å². The number of amidine groups is 1. The van der Waals surface area contributed by atoms with Crippen LogP contribution in [0.15, 0.2) is 35.5 Å². The number of hydrogen-bond donors (Lipinski definition) is 4. The summed E-state index contributed by atoms with van der Waals surface area (Å²) in [4.78, 5) is 4.54. The van der Waals surface area contributed by atoms with E-state index in [9.17, 15) is 8.78 Å². The Hall–Kier alpha value is -3.27. The summed E-state index contributed by atoms with van der Waals surface area (Å²) in [5.41, 5.74) is 8.26. The minimum atomic E-state index is -1.35. The highest BCUT2D eigenvalue weighted by molar-refractivity contribution is 6.12. The molecule has 0 spiro atoms. The van der Waals surface area contributed by atoms with Gasteiger partial charge in [-0.15, -0.1) is 0 Å². The molecule has 1 aliphatic heterocycles. The summed E-state index contributed by atoms with van der Waals surface area (Å²) < 4.78 is 28.9. The monoisotopic (exact) mass is 372 g/mol. The molecule has 0 aliphatic carbocycles. The maximum atomic E-state index is 14.1. The molecular weight excluding hydrogens is 354 g/mol. The number of aliphatic imine (C=N–C) groups is 1. The molecule has 1 unspecified atom stereocenters. The number of aryl methyl sites for hydroxylation is 2. The Bertz CT molecular complexity index is 1040. The molecule has 1 atom stereocenters. The van der Waals surface area contributed by atoms with Crippen LogP contribution < -0.4 is 16.4 Å². The van der Waals surface area contributed by atoms with Crippen molar-refractivity contribution in [3.63, 3.8) is 0 Å². The zero-order valence-corrected chi connectivity index (χ0v) is 14.7. The number of rotatable bonds is 3. The van der Waals surface area contributed by atoms with Crippen LogP contribution in [0, 0.1) is 18.6 Å². The molecule has 0 fully saturated rings. The van der Waals surface area contributed by atoms with Crippen LogP contribution in [0.25, 0.3) is 0 Å². The molecule has 0 radical (unpaired) electrons. The number of H-pyrrole nitrogens is 1. The van der Waals surface area contributed by atoms with E-state index in [0.717, 1.165) is 11.8 Å². The summed E-state index contributed by atoms with van der Waals surface area (Å²) in [6, 6.07) is 5.19. The molecule has 10 heteroatoms. The van der Waals surface area contributed by atoms with Crippen LogP contribution in [-0.2, 0) is 13.5 Å². The van der Waals surface area contributed by atoms with Gasteiger partial charge in [0.2, 0.25) is 0 Å². The summed E-state index contributed by atoms with van der Waals surface area (Å²) in [5.74, 6) is -1.03. The second kappa shape index (κ2) is 6.16. The topological polar surface area (TPSA) is 109 Å². The molecule has 3 heterocycles. The van der Waals surface area contributed by atoms with Crippen molar-refractivity contribution in [3.05, 3.63) is 58.9 Å². The van der Waals surface area contributed by atoms with Crippen LogP contribution >= 0.6 is 0 Å². The molecule has 8 nitrogen and oxygen atoms in total. The number of aromatic nitrogens is 4. The minimum absolute atomic E-state index is 0.00844. The molecule has 1 aromatic carbocycles. The number of nitrogens with two attached hydrogens (primary N) is 1. The van der Waals surface area contributed by atoms with Crippen molar-refractivity contribution in [2.75, 3.05) is 10.6 Å². The molecule has 1 aliphatic rings. The molecule has 0 saturated carbocycles. The Balaban J connectivity index is 1.71. The van der Waals surface area contributed by atoms with Crippen LogP contribution in [0.1, 0.15) is 16.8 Å². The van der Waals surface area contributed by atoms with Crippen molar-refractivity contribution in [2.24, 2.45) is 17.8 Å². The SMILES string of the molecule is Cc1cc(NC2=NC(N)(Cc3ccc(F)cc3F)Nc3c2cnn3C)n[nH]1. The van der Waals surface area contributed by atoms with Gasteiger partial charge in [0, 0.05) is 31.3 Å². The van der Waals surface area contributed by atoms with Crippen LogP contribution in [0.3, 0.4) is 0 Å². The predicted molar refractivity (Wildman–Crippen MR) is 97.3 cm³/mol. The van der Waals surface area contributed by atoms with E-state index in [1.54, 1.807) is 17.9 Å². The minimum Gasteiger partial charge on any atom is -0.333 e. The molecular formula is C17H18F2N8. The molecule has 2 aromatic heterocycles. The van der Waals surface area contributed by atoms with Crippen LogP contribution in [0.5, 0.6) is 0 Å². The molecule has 27 heavy (non-hydrogen) atoms. The van der Waals surface area contributed by atoms with Crippen molar-refractivity contribution in [2.45, 2.75) is 19.1 Å². The maximum Gasteiger partial charge on any atom is 0.189 e. The third-order valence-electron chi connectivity index (χ3n) is 4.27. The molecule has 0 amide bonds. The van der Waals surface area contributed by atoms with E-state index in [4.69, 9.17) is 5.73 Å². The summed E-state index contributed by atoms with van der Waals surface area (Å²) in [7, 11) is 1.76. The lowest BCUT2D eigenvalue weighted by Crippen LogP contribution is -2.52. The lowest BCUT2D eigenvalue weighted by atomic mass is 10.0. The molecule has 0 bridgehead atoms. The van der Waals surface area contributed by atoms with Gasteiger partial charge in [0.05, 0.1) is 11.8 Å². The molecule has 4 rings (SSSR count). The average Bonchev–Trinajstić information content (AvgIpc) is 3.16. The number of benzene rings is 1. The first-order valence-electron chi connectivity index (χ1n) is 8.25. The number of anilines is 2. The van der Waals surface area contributed by atoms with E-state index in [0.29, 0.717) is 23.0 Å². The number of hydrogen-bond acceptors (Lipinski definition) is 6. The van der Waals surface area contributed by atoms with E-state index in [1.807, 2.05) is 13.0 Å². The van der Waals surface area contributed by atoms with E-state index in [1.165, 1.54) is 12.1 Å². The summed E-state index contributed by atoms with van der Waals surface area (Å²) in [5, 5.41) is 17.4. The van der Waals surface area contributed by atoms with Crippen LogP contribution in [0.2, 0.25) is 0 Å². The number of halogens is 2. The van der Waals surface area contributed by atoms with Crippen molar-refractivity contribution >= 4 is 17.5 Å². The number of nitrogens with zero attached hydrogens (tertiary/aromatic N) is 4. The highest BCUT2D eigenvalue weighted by atomic mass is 19.1. The van der Waals surface area contributed by atoms with E-state index < -0.39 is 17.4 Å². The van der Waals surface area contributed by atoms with Crippen LogP contribution in [0.4, 0.5) is 20.4 Å². The van der Waals surface area contributed by atoms with E-state index in [2.05, 4.69) is 30.9 Å². The van der Waals surface area contributed by atoms with Gasteiger partial charge in [-0.2, -0.15) is 10.2 Å². The fraction of sp³-hybridized carbons (Fsp3) is 0.235. The fourth-order valence-corrected chi connectivity index (χ4v) is 2.99. The summed E-state index contributed by atoms with van der Waals surface area (Å²) in [6.45, 7) is 1.88. The zero-order valence-electron chi connectivity index (χ0n) is 14.7. The lowest BCUT2D eigenvalue weighted by Gasteiger charge is -2.32. The van der Waals surface area contributed by atoms with Crippen molar-refractivity contribution in [3.8, 4) is 0 Å². The highest BCUT2D eigenvalue weighted by Crippen LogP contribution is 2.28. The molecule has 5 N–H and O–H groups in total. The van der Waals surface area contributed by atoms with Crippen LogP contribution in [-0.4, -0.2) is 31.6 Å². The standard InChI is InChI=1S/C17H18F2N8/c1-9-5-14(26-25-9)22-15-12-8-21-27(2)16(12)24-17(20,23-15)7-10-3-4-11(18)6-13(10)19/h3-6,8,24H,7,20H2,1-2H3,(H2,22,23,25,26). The van der Waals surface area contributed by atoms with Gasteiger partial charge in [-0.3, -0.25) is 15.5 Å². The van der Waals surface area contributed by atoms with Crippen molar-refractivity contribution in [1.82, 2.24) is 20.0 Å². The maximum absolute atomic E-state index is 14.1. The highest BCUT2D eigenvalue weighted by Gasteiger charge is 2.34. The Morgan fingerprint density at radius 3 is 2.81 bits per heavy atom. The molecule has 3 aromatic rings. The van der Waals surface area contributed by atoms with Gasteiger partial charge in [0.1, 0.15) is 23.3 Å². The molecule has 0 saturated heterocycles. The number of fused-ring (bicyclic) bond motifs is 1. The predicted octanol–water partition coefficient (Wildman–Crippen LogP) is 1.87. The van der Waals surface area contributed by atoms with Crippen molar-refractivity contribution in [1.29, 1.82) is 0 Å². The third kappa shape index (κ3) is 3.26. The summed E-state index contributed by atoms with van der Waals surface area (Å²) in [6.07, 6.45) is 1.65. The second-order valence-electron chi connectivity index (χ2n) is 6.51. The average molecular weight is 372 g/mol. The molecule has 140 valence electrons. The number of aromatic amines is 1. The Morgan fingerprint density at radius 1 is 1.30 bits per heavy atom. The van der Waals surface area contributed by atoms with Gasteiger partial charge in [-0.25, -0.2) is 13.8 Å². The Morgan fingerprint density at radius 2 is 2.11 bits per heavy atom. The van der Waals surface area contributed by atoms with E-state index in [-0.39, 0.29) is 12.0 Å². The first kappa shape index (κ1) is 17.2. The van der Waals surface area contributed by atoms with Gasteiger partial charge in [-0.05, 0) is 18.6 Å². The number of nitrogens with one attached hydrogen (secondary N) is 3. The van der Waals surface area contributed by atoms with Gasteiger partial charge in [-0.1, -0.05) is 6.07 Å². The van der Waals surface area contributed by atoms with E-state index >= 15 is 0 Å². The first-order chi connectivity index (χ1) is 12.8. The summed E-state index contributed by atoms with van der Waals surface area (Å²) >= 11 is 0.